The van der Waals surface area contributed by atoms with Gasteiger partial charge in [-0.25, -0.2) is 0 Å². The van der Waals surface area contributed by atoms with Crippen molar-refractivity contribution >= 4 is 44.2 Å². The van der Waals surface area contributed by atoms with Crippen molar-refractivity contribution in [1.82, 2.24) is 4.90 Å². The van der Waals surface area contributed by atoms with Crippen molar-refractivity contribution in [1.29, 1.82) is 0 Å². The molecule has 2 N–H and O–H groups in total. The number of nitrogens with zero attached hydrogens (tertiary/aromatic N) is 1. The van der Waals surface area contributed by atoms with Gasteiger partial charge in [-0.15, -0.1) is 0 Å². The lowest BCUT2D eigenvalue weighted by atomic mass is 9.95. The van der Waals surface area contributed by atoms with Crippen LogP contribution in [-0.2, 0) is 4.79 Å². The molecule has 1 saturated heterocycles. The second kappa shape index (κ2) is 8.25. The Morgan fingerprint density at radius 3 is 2.69 bits per heavy atom. The number of phenolic OH excluding ortho intramolecular Hbond substituents is 1. The van der Waals surface area contributed by atoms with Crippen molar-refractivity contribution in [3.05, 3.63) is 70.7 Å². The van der Waals surface area contributed by atoms with Crippen LogP contribution < -0.4 is 5.32 Å². The highest BCUT2D eigenvalue weighted by Crippen LogP contribution is 2.29. The highest BCUT2D eigenvalue weighted by molar-refractivity contribution is 9.10. The summed E-state index contributed by atoms with van der Waals surface area (Å²) in [5.74, 6) is -0.540. The molecule has 3 aromatic rings. The smallest absolute Gasteiger partial charge is 0.254 e. The first kappa shape index (κ1) is 19.5. The Hall–Kier alpha value is -2.86. The number of halogens is 1. The molecule has 6 heteroatoms. The molecule has 1 aliphatic heterocycles. The van der Waals surface area contributed by atoms with E-state index >= 15 is 0 Å². The lowest BCUT2D eigenvalue weighted by molar-refractivity contribution is -0.121. The third-order valence-corrected chi connectivity index (χ3v) is 5.81. The molecule has 0 radical (unpaired) electrons. The Kier molecular flexibility index (Phi) is 5.53. The molecule has 4 rings (SSSR count). The molecule has 0 spiro atoms. The summed E-state index contributed by atoms with van der Waals surface area (Å²) in [5, 5.41) is 14.8. The van der Waals surface area contributed by atoms with Gasteiger partial charge in [-0.2, -0.15) is 0 Å². The standard InChI is InChI=1S/C23H21BrN2O3/c24-17-10-11-20(21(27)13-17)25-22(28)16-7-4-12-26(14-16)23(29)19-9-3-6-15-5-1-2-8-18(15)19/h1-3,5-6,8-11,13,16,27H,4,7,12,14H2,(H,25,28). The number of amides is 2. The van der Waals surface area contributed by atoms with Gasteiger partial charge < -0.3 is 15.3 Å². The van der Waals surface area contributed by atoms with E-state index in [2.05, 4.69) is 21.2 Å². The fraction of sp³-hybridized carbons (Fsp3) is 0.217. The van der Waals surface area contributed by atoms with Crippen molar-refractivity contribution in [3.8, 4) is 5.75 Å². The van der Waals surface area contributed by atoms with E-state index in [4.69, 9.17) is 0 Å². The van der Waals surface area contributed by atoms with E-state index in [-0.39, 0.29) is 23.5 Å². The SMILES string of the molecule is O=C(Nc1ccc(Br)cc1O)C1CCCN(C(=O)c2cccc3ccccc23)C1. The molecule has 0 bridgehead atoms. The number of rotatable bonds is 3. The quantitative estimate of drug-likeness (QED) is 0.560. The van der Waals surface area contributed by atoms with Gasteiger partial charge in [0, 0.05) is 23.1 Å². The summed E-state index contributed by atoms with van der Waals surface area (Å²) in [4.78, 5) is 27.7. The molecule has 0 aromatic heterocycles. The molecule has 1 atom stereocenters. The normalized spacial score (nSPS) is 16.6. The van der Waals surface area contributed by atoms with Gasteiger partial charge in [-0.1, -0.05) is 52.3 Å². The lowest BCUT2D eigenvalue weighted by Crippen LogP contribution is -2.43. The molecule has 0 aliphatic carbocycles. The molecule has 148 valence electrons. The molecule has 29 heavy (non-hydrogen) atoms. The molecular weight excluding hydrogens is 432 g/mol. The molecule has 1 aliphatic rings. The van der Waals surface area contributed by atoms with Crippen LogP contribution in [0.3, 0.4) is 0 Å². The monoisotopic (exact) mass is 452 g/mol. The zero-order valence-electron chi connectivity index (χ0n) is 15.8. The van der Waals surface area contributed by atoms with E-state index < -0.39 is 0 Å². The van der Waals surface area contributed by atoms with Crippen molar-refractivity contribution in [2.45, 2.75) is 12.8 Å². The van der Waals surface area contributed by atoms with Gasteiger partial charge in [0.25, 0.3) is 5.91 Å². The molecule has 1 fully saturated rings. The van der Waals surface area contributed by atoms with Crippen molar-refractivity contribution in [2.24, 2.45) is 5.92 Å². The minimum Gasteiger partial charge on any atom is -0.506 e. The first-order chi connectivity index (χ1) is 14.0. The molecule has 5 nitrogen and oxygen atoms in total. The summed E-state index contributed by atoms with van der Waals surface area (Å²) in [6.07, 6.45) is 1.48. The van der Waals surface area contributed by atoms with E-state index in [9.17, 15) is 14.7 Å². The van der Waals surface area contributed by atoms with Gasteiger partial charge in [0.1, 0.15) is 5.75 Å². The third-order valence-electron chi connectivity index (χ3n) is 5.32. The average molecular weight is 453 g/mol. The van der Waals surface area contributed by atoms with Gasteiger partial charge in [0.05, 0.1) is 11.6 Å². The molecule has 3 aromatic carbocycles. The largest absolute Gasteiger partial charge is 0.506 e. The third kappa shape index (κ3) is 4.12. The van der Waals surface area contributed by atoms with E-state index in [1.165, 1.54) is 6.07 Å². The number of nitrogens with one attached hydrogen (secondary N) is 1. The fourth-order valence-electron chi connectivity index (χ4n) is 3.80. The molecule has 2 amide bonds. The Morgan fingerprint density at radius 1 is 1.07 bits per heavy atom. The average Bonchev–Trinajstić information content (AvgIpc) is 2.75. The maximum absolute atomic E-state index is 13.2. The maximum Gasteiger partial charge on any atom is 0.254 e. The lowest BCUT2D eigenvalue weighted by Gasteiger charge is -2.32. The molecule has 1 heterocycles. The van der Waals surface area contributed by atoms with Crippen LogP contribution in [0.25, 0.3) is 10.8 Å². The number of carbonyl (C=O) groups excluding carboxylic acids is 2. The highest BCUT2D eigenvalue weighted by atomic mass is 79.9. The molecular formula is C23H21BrN2O3. The second-order valence-electron chi connectivity index (χ2n) is 7.27. The summed E-state index contributed by atoms with van der Waals surface area (Å²) in [6.45, 7) is 1.00. The van der Waals surface area contributed by atoms with Crippen LogP contribution in [0.1, 0.15) is 23.2 Å². The molecule has 1 unspecified atom stereocenters. The highest BCUT2D eigenvalue weighted by Gasteiger charge is 2.29. The zero-order valence-corrected chi connectivity index (χ0v) is 17.4. The Balaban J connectivity index is 1.50. The minimum absolute atomic E-state index is 0.00669. The van der Waals surface area contributed by atoms with Crippen LogP contribution in [0.15, 0.2) is 65.1 Å². The van der Waals surface area contributed by atoms with Crippen LogP contribution in [0, 0.1) is 5.92 Å². The number of piperidine rings is 1. The second-order valence-corrected chi connectivity index (χ2v) is 8.18. The van der Waals surface area contributed by atoms with E-state index in [0.717, 1.165) is 21.7 Å². The van der Waals surface area contributed by atoms with Gasteiger partial charge in [0.15, 0.2) is 0 Å². The van der Waals surface area contributed by atoms with E-state index in [1.807, 2.05) is 42.5 Å². The van der Waals surface area contributed by atoms with Crippen molar-refractivity contribution in [3.63, 3.8) is 0 Å². The number of likely N-dealkylation sites (tertiary alicyclic amines) is 1. The van der Waals surface area contributed by atoms with E-state index in [0.29, 0.717) is 30.8 Å². The summed E-state index contributed by atoms with van der Waals surface area (Å²) in [6, 6.07) is 18.5. The van der Waals surface area contributed by atoms with Gasteiger partial charge >= 0.3 is 0 Å². The zero-order chi connectivity index (χ0) is 20.4. The van der Waals surface area contributed by atoms with Crippen LogP contribution in [0.4, 0.5) is 5.69 Å². The number of benzene rings is 3. The Labute approximate surface area is 177 Å². The number of hydrogen-bond donors (Lipinski definition) is 2. The van der Waals surface area contributed by atoms with Crippen LogP contribution >= 0.6 is 15.9 Å². The van der Waals surface area contributed by atoms with Crippen LogP contribution in [0.2, 0.25) is 0 Å². The maximum atomic E-state index is 13.2. The van der Waals surface area contributed by atoms with Crippen molar-refractivity contribution < 1.29 is 14.7 Å². The van der Waals surface area contributed by atoms with Gasteiger partial charge in [-0.05, 0) is 47.9 Å². The predicted octanol–water partition coefficient (Wildman–Crippen LogP) is 4.80. The number of fused-ring (bicyclic) bond motifs is 1. The summed E-state index contributed by atoms with van der Waals surface area (Å²) in [5.41, 5.74) is 1.03. The minimum atomic E-state index is -0.314. The number of carbonyl (C=O) groups is 2. The number of aromatic hydroxyl groups is 1. The number of phenols is 1. The van der Waals surface area contributed by atoms with E-state index in [1.54, 1.807) is 17.0 Å². The number of hydrogen-bond acceptors (Lipinski definition) is 3. The van der Waals surface area contributed by atoms with Crippen LogP contribution in [0.5, 0.6) is 5.75 Å². The Bertz CT molecular complexity index is 1080. The first-order valence-corrected chi connectivity index (χ1v) is 10.4. The Morgan fingerprint density at radius 2 is 1.86 bits per heavy atom. The summed E-state index contributed by atoms with van der Waals surface area (Å²) < 4.78 is 0.734. The summed E-state index contributed by atoms with van der Waals surface area (Å²) in [7, 11) is 0. The fourth-order valence-corrected chi connectivity index (χ4v) is 4.15. The molecule has 0 saturated carbocycles. The topological polar surface area (TPSA) is 69.6 Å². The van der Waals surface area contributed by atoms with Gasteiger partial charge in [0.2, 0.25) is 5.91 Å². The van der Waals surface area contributed by atoms with Crippen LogP contribution in [-0.4, -0.2) is 34.9 Å². The predicted molar refractivity (Wildman–Crippen MR) is 117 cm³/mol. The van der Waals surface area contributed by atoms with Gasteiger partial charge in [-0.3, -0.25) is 9.59 Å². The number of anilines is 1. The van der Waals surface area contributed by atoms with Crippen molar-refractivity contribution in [2.75, 3.05) is 18.4 Å². The summed E-state index contributed by atoms with van der Waals surface area (Å²) >= 11 is 3.29. The first-order valence-electron chi connectivity index (χ1n) is 9.59.